The molecule has 25 heavy (non-hydrogen) atoms. The molecule has 1 atom stereocenters. The molecule has 0 aliphatic carbocycles. The van der Waals surface area contributed by atoms with Gasteiger partial charge in [-0.05, 0) is 31.5 Å². The van der Waals surface area contributed by atoms with E-state index >= 15 is 0 Å². The fourth-order valence-electron chi connectivity index (χ4n) is 2.57. The van der Waals surface area contributed by atoms with Gasteiger partial charge < -0.3 is 15.0 Å². The lowest BCUT2D eigenvalue weighted by atomic mass is 10.3. The summed E-state index contributed by atoms with van der Waals surface area (Å²) in [5.41, 5.74) is 1.20. The summed E-state index contributed by atoms with van der Waals surface area (Å²) in [4.78, 5) is 29.9. The van der Waals surface area contributed by atoms with Crippen molar-refractivity contribution in [3.8, 4) is 0 Å². The summed E-state index contributed by atoms with van der Waals surface area (Å²) in [6.45, 7) is 7.00. The molecule has 0 aromatic carbocycles. The number of H-pyrrole nitrogens is 1. The predicted octanol–water partition coefficient (Wildman–Crippen LogP) is 1.33. The fraction of sp³-hybridized carbons (Fsp3) is 0.600. The highest BCUT2D eigenvalue weighted by atomic mass is 35.5. The van der Waals surface area contributed by atoms with Crippen LogP contribution in [0.15, 0.2) is 11.4 Å². The Labute approximate surface area is 155 Å². The Kier molecular flexibility index (Phi) is 6.46. The molecule has 0 unspecified atom stereocenters. The highest BCUT2D eigenvalue weighted by molar-refractivity contribution is 8.00. The van der Waals surface area contributed by atoms with Crippen molar-refractivity contribution in [2.24, 2.45) is 0 Å². The van der Waals surface area contributed by atoms with Gasteiger partial charge in [0.15, 0.2) is 5.65 Å². The molecule has 1 saturated heterocycles. The second-order valence-electron chi connectivity index (χ2n) is 5.76. The molecule has 0 radical (unpaired) electrons. The van der Waals surface area contributed by atoms with E-state index in [1.54, 1.807) is 0 Å². The summed E-state index contributed by atoms with van der Waals surface area (Å²) in [7, 11) is 0. The predicted molar refractivity (Wildman–Crippen MR) is 96.9 cm³/mol. The number of aromatic amines is 1. The summed E-state index contributed by atoms with van der Waals surface area (Å²) >= 11 is 7.26. The number of carbonyl (C=O) groups excluding carboxylic acids is 1. The van der Waals surface area contributed by atoms with Crippen LogP contribution in [0.25, 0.3) is 11.2 Å². The molecule has 0 bridgehead atoms. The smallest absolute Gasteiger partial charge is 0.233 e. The number of aromatic nitrogens is 4. The van der Waals surface area contributed by atoms with Crippen LogP contribution in [0.2, 0.25) is 5.28 Å². The minimum atomic E-state index is -0.291. The number of ether oxygens (including phenoxy) is 1. The van der Waals surface area contributed by atoms with E-state index in [0.717, 1.165) is 39.3 Å². The van der Waals surface area contributed by atoms with E-state index in [1.165, 1.54) is 18.1 Å². The number of imidazole rings is 1. The quantitative estimate of drug-likeness (QED) is 0.321. The molecule has 1 aliphatic rings. The largest absolute Gasteiger partial charge is 0.379 e. The number of carbonyl (C=O) groups is 1. The maximum atomic E-state index is 12.3. The number of nitrogens with one attached hydrogen (secondary N) is 2. The lowest BCUT2D eigenvalue weighted by Crippen LogP contribution is -2.38. The maximum Gasteiger partial charge on any atom is 0.233 e. The molecule has 2 N–H and O–H groups in total. The Morgan fingerprint density at radius 2 is 2.28 bits per heavy atom. The number of amides is 1. The van der Waals surface area contributed by atoms with Crippen molar-refractivity contribution in [3.05, 3.63) is 11.6 Å². The van der Waals surface area contributed by atoms with Crippen molar-refractivity contribution in [1.82, 2.24) is 30.2 Å². The van der Waals surface area contributed by atoms with Gasteiger partial charge in [-0.25, -0.2) is 9.97 Å². The Bertz CT molecular complexity index is 721. The number of morpholine rings is 1. The Hall–Kier alpha value is -1.42. The molecule has 0 spiro atoms. The van der Waals surface area contributed by atoms with Crippen molar-refractivity contribution in [1.29, 1.82) is 0 Å². The van der Waals surface area contributed by atoms with E-state index in [4.69, 9.17) is 16.3 Å². The second-order valence-corrected chi connectivity index (χ2v) is 7.43. The zero-order valence-electron chi connectivity index (χ0n) is 14.0. The summed E-state index contributed by atoms with van der Waals surface area (Å²) in [5, 5.41) is 3.44. The van der Waals surface area contributed by atoms with Crippen LogP contribution in [0.4, 0.5) is 0 Å². The molecule has 10 heteroatoms. The van der Waals surface area contributed by atoms with Gasteiger partial charge in [0, 0.05) is 19.6 Å². The van der Waals surface area contributed by atoms with E-state index in [-0.39, 0.29) is 16.4 Å². The third kappa shape index (κ3) is 5.04. The first kappa shape index (κ1) is 18.4. The van der Waals surface area contributed by atoms with E-state index in [9.17, 15) is 4.79 Å². The number of fused-ring (bicyclic) bond motifs is 1. The molecular weight excluding hydrogens is 364 g/mol. The lowest BCUT2D eigenvalue weighted by molar-refractivity contribution is -0.120. The van der Waals surface area contributed by atoms with Gasteiger partial charge >= 0.3 is 0 Å². The lowest BCUT2D eigenvalue weighted by Gasteiger charge is -2.26. The first-order chi connectivity index (χ1) is 12.1. The Balaban J connectivity index is 1.46. The van der Waals surface area contributed by atoms with Gasteiger partial charge in [-0.15, -0.1) is 0 Å². The topological polar surface area (TPSA) is 96.0 Å². The number of hydrogen-bond acceptors (Lipinski definition) is 7. The molecule has 1 aliphatic heterocycles. The van der Waals surface area contributed by atoms with Crippen molar-refractivity contribution in [2.45, 2.75) is 23.6 Å². The third-order valence-electron chi connectivity index (χ3n) is 3.94. The monoisotopic (exact) mass is 384 g/mol. The highest BCUT2D eigenvalue weighted by Crippen LogP contribution is 2.27. The van der Waals surface area contributed by atoms with Gasteiger partial charge in [0.05, 0.1) is 24.8 Å². The summed E-state index contributed by atoms with van der Waals surface area (Å²) in [6.07, 6.45) is 2.46. The van der Waals surface area contributed by atoms with Crippen LogP contribution in [0.5, 0.6) is 0 Å². The van der Waals surface area contributed by atoms with Crippen LogP contribution >= 0.6 is 23.4 Å². The van der Waals surface area contributed by atoms with Crippen molar-refractivity contribution in [2.75, 3.05) is 39.4 Å². The van der Waals surface area contributed by atoms with Gasteiger partial charge in [0.2, 0.25) is 11.2 Å². The minimum absolute atomic E-state index is 0.0191. The summed E-state index contributed by atoms with van der Waals surface area (Å²) < 4.78 is 5.32. The van der Waals surface area contributed by atoms with E-state index in [2.05, 4.69) is 30.2 Å². The fourth-order valence-corrected chi connectivity index (χ4v) is 3.72. The molecule has 3 heterocycles. The van der Waals surface area contributed by atoms with Crippen molar-refractivity contribution in [3.63, 3.8) is 0 Å². The van der Waals surface area contributed by atoms with Gasteiger partial charge in [-0.1, -0.05) is 11.8 Å². The standard InChI is InChI=1S/C15H21ClN6O2S/c1-10(13(23)17-3-2-4-22-5-7-24-8-6-22)25-14-11-12(19-9-18-11)20-15(16)21-14/h9-10H,2-8H2,1H3,(H,17,23)(H,18,19,20,21)/t10-/m0/s1. The average Bonchev–Trinajstić information content (AvgIpc) is 3.08. The molecule has 0 saturated carbocycles. The maximum absolute atomic E-state index is 12.3. The van der Waals surface area contributed by atoms with Gasteiger partial charge in [0.25, 0.3) is 0 Å². The van der Waals surface area contributed by atoms with Crippen LogP contribution < -0.4 is 5.32 Å². The average molecular weight is 385 g/mol. The number of rotatable bonds is 7. The third-order valence-corrected chi connectivity index (χ3v) is 5.19. The Morgan fingerprint density at radius 3 is 3.08 bits per heavy atom. The van der Waals surface area contributed by atoms with Crippen LogP contribution in [-0.2, 0) is 9.53 Å². The minimum Gasteiger partial charge on any atom is -0.379 e. The second kappa shape index (κ2) is 8.79. The molecule has 1 fully saturated rings. The molecule has 1 amide bonds. The van der Waals surface area contributed by atoms with Gasteiger partial charge in [-0.2, -0.15) is 4.98 Å². The van der Waals surface area contributed by atoms with Crippen LogP contribution in [0.3, 0.4) is 0 Å². The first-order valence-electron chi connectivity index (χ1n) is 8.24. The molecule has 3 rings (SSSR count). The summed E-state index contributed by atoms with van der Waals surface area (Å²) in [5.74, 6) is -0.0191. The molecule has 2 aromatic rings. The van der Waals surface area contributed by atoms with E-state index in [0.29, 0.717) is 22.7 Å². The number of nitrogens with zero attached hydrogens (tertiary/aromatic N) is 4. The van der Waals surface area contributed by atoms with Crippen LogP contribution in [0.1, 0.15) is 13.3 Å². The summed E-state index contributed by atoms with van der Waals surface area (Å²) in [6, 6.07) is 0. The van der Waals surface area contributed by atoms with E-state index < -0.39 is 0 Å². The zero-order chi connectivity index (χ0) is 17.6. The van der Waals surface area contributed by atoms with Crippen molar-refractivity contribution < 1.29 is 9.53 Å². The van der Waals surface area contributed by atoms with Crippen molar-refractivity contribution >= 4 is 40.4 Å². The van der Waals surface area contributed by atoms with Crippen LogP contribution in [0, 0.1) is 0 Å². The number of halogens is 1. The molecular formula is C15H21ClN6O2S. The van der Waals surface area contributed by atoms with Crippen LogP contribution in [-0.4, -0.2) is 75.4 Å². The molecule has 2 aromatic heterocycles. The molecule has 8 nitrogen and oxygen atoms in total. The number of hydrogen-bond donors (Lipinski definition) is 2. The SMILES string of the molecule is C[C@H](Sc1nc(Cl)nc2nc[nH]c12)C(=O)NCCCN1CCOCC1. The Morgan fingerprint density at radius 1 is 1.48 bits per heavy atom. The number of thioether (sulfide) groups is 1. The van der Waals surface area contributed by atoms with Gasteiger partial charge in [-0.3, -0.25) is 9.69 Å². The first-order valence-corrected chi connectivity index (χ1v) is 9.50. The molecule has 136 valence electrons. The van der Waals surface area contributed by atoms with E-state index in [1.807, 2.05) is 6.92 Å². The zero-order valence-corrected chi connectivity index (χ0v) is 15.6. The van der Waals surface area contributed by atoms with Gasteiger partial charge in [0.1, 0.15) is 10.5 Å². The highest BCUT2D eigenvalue weighted by Gasteiger charge is 2.18. The normalized spacial score (nSPS) is 16.9.